The van der Waals surface area contributed by atoms with Crippen LogP contribution < -0.4 is 0 Å². The highest BCUT2D eigenvalue weighted by Crippen LogP contribution is 2.41. The SMILES string of the molecule is CC(=O)N1C(c2ccc([N+](=O)[O-])cc2)SC[C@H]1C(=O)O. The number of aliphatic carboxylic acids is 1. The third-order valence-electron chi connectivity index (χ3n) is 3.04. The molecule has 2 rings (SSSR count). The number of carboxylic acid groups (broad SMARTS) is 1. The molecular weight excluding hydrogens is 284 g/mol. The molecule has 8 heteroatoms. The Bertz CT molecular complexity index is 559. The van der Waals surface area contributed by atoms with Crippen molar-refractivity contribution in [2.45, 2.75) is 18.3 Å². The third kappa shape index (κ3) is 2.60. The van der Waals surface area contributed by atoms with E-state index < -0.39 is 22.3 Å². The van der Waals surface area contributed by atoms with Crippen molar-refractivity contribution in [2.24, 2.45) is 0 Å². The Hall–Kier alpha value is -2.09. The van der Waals surface area contributed by atoms with Gasteiger partial charge in [-0.2, -0.15) is 0 Å². The summed E-state index contributed by atoms with van der Waals surface area (Å²) in [5.74, 6) is -1.07. The second-order valence-corrected chi connectivity index (χ2v) is 5.43. The van der Waals surface area contributed by atoms with Gasteiger partial charge in [-0.15, -0.1) is 11.8 Å². The summed E-state index contributed by atoms with van der Waals surface area (Å²) in [4.78, 5) is 34.2. The van der Waals surface area contributed by atoms with Gasteiger partial charge < -0.3 is 10.0 Å². The van der Waals surface area contributed by atoms with E-state index in [0.717, 1.165) is 0 Å². The van der Waals surface area contributed by atoms with Crippen molar-refractivity contribution in [2.75, 3.05) is 5.75 Å². The van der Waals surface area contributed by atoms with E-state index in [1.165, 1.54) is 35.7 Å². The highest BCUT2D eigenvalue weighted by atomic mass is 32.2. The van der Waals surface area contributed by atoms with E-state index in [1.54, 1.807) is 12.1 Å². The normalized spacial score (nSPS) is 21.8. The first-order valence-electron chi connectivity index (χ1n) is 5.79. The molecule has 0 aliphatic carbocycles. The number of hydrogen-bond donors (Lipinski definition) is 1. The maximum absolute atomic E-state index is 11.7. The van der Waals surface area contributed by atoms with Gasteiger partial charge in [-0.05, 0) is 17.7 Å². The molecule has 0 saturated carbocycles. The molecule has 1 saturated heterocycles. The first-order valence-corrected chi connectivity index (χ1v) is 6.84. The summed E-state index contributed by atoms with van der Waals surface area (Å²) in [5, 5.41) is 19.3. The molecule has 1 aromatic rings. The van der Waals surface area contributed by atoms with Crippen LogP contribution in [0.3, 0.4) is 0 Å². The summed E-state index contributed by atoms with van der Waals surface area (Å²) in [5.41, 5.74) is 0.639. The van der Waals surface area contributed by atoms with E-state index in [-0.39, 0.29) is 11.6 Å². The lowest BCUT2D eigenvalue weighted by molar-refractivity contribution is -0.384. The summed E-state index contributed by atoms with van der Waals surface area (Å²) in [6, 6.07) is 4.94. The topological polar surface area (TPSA) is 101 Å². The minimum atomic E-state index is -1.04. The summed E-state index contributed by atoms with van der Waals surface area (Å²) in [7, 11) is 0. The third-order valence-corrected chi connectivity index (χ3v) is 4.36. The number of carboxylic acids is 1. The molecule has 1 aliphatic heterocycles. The maximum Gasteiger partial charge on any atom is 0.327 e. The number of benzene rings is 1. The Labute approximate surface area is 118 Å². The van der Waals surface area contributed by atoms with Crippen molar-refractivity contribution < 1.29 is 19.6 Å². The van der Waals surface area contributed by atoms with Crippen LogP contribution in [-0.4, -0.2) is 38.6 Å². The Morgan fingerprint density at radius 3 is 2.45 bits per heavy atom. The van der Waals surface area contributed by atoms with Gasteiger partial charge >= 0.3 is 5.97 Å². The van der Waals surface area contributed by atoms with Gasteiger partial charge in [0.25, 0.3) is 5.69 Å². The van der Waals surface area contributed by atoms with Crippen molar-refractivity contribution in [3.05, 3.63) is 39.9 Å². The van der Waals surface area contributed by atoms with E-state index in [2.05, 4.69) is 0 Å². The Kier molecular flexibility index (Phi) is 3.93. The molecule has 106 valence electrons. The lowest BCUT2D eigenvalue weighted by Crippen LogP contribution is -2.41. The fourth-order valence-corrected chi connectivity index (χ4v) is 3.57. The highest BCUT2D eigenvalue weighted by molar-refractivity contribution is 7.99. The fraction of sp³-hybridized carbons (Fsp3) is 0.333. The van der Waals surface area contributed by atoms with Crippen LogP contribution in [0.25, 0.3) is 0 Å². The summed E-state index contributed by atoms with van der Waals surface area (Å²) >= 11 is 1.34. The Balaban J connectivity index is 2.29. The number of carbonyl (C=O) groups is 2. The Morgan fingerprint density at radius 2 is 2.00 bits per heavy atom. The van der Waals surface area contributed by atoms with Crippen LogP contribution in [0.5, 0.6) is 0 Å². The molecule has 1 aromatic carbocycles. The molecule has 1 amide bonds. The molecule has 0 spiro atoms. The van der Waals surface area contributed by atoms with Crippen molar-refractivity contribution in [3.8, 4) is 0 Å². The number of rotatable bonds is 3. The number of carbonyl (C=O) groups excluding carboxylic acids is 1. The van der Waals surface area contributed by atoms with E-state index in [1.807, 2.05) is 0 Å². The van der Waals surface area contributed by atoms with Crippen molar-refractivity contribution in [1.82, 2.24) is 4.90 Å². The van der Waals surface area contributed by atoms with Gasteiger partial charge in [0.2, 0.25) is 5.91 Å². The summed E-state index contributed by atoms with van der Waals surface area (Å²) in [6.45, 7) is 1.32. The van der Waals surface area contributed by atoms with Crippen LogP contribution in [0, 0.1) is 10.1 Å². The molecule has 0 bridgehead atoms. The number of nitro groups is 1. The number of amides is 1. The number of non-ortho nitro benzene ring substituents is 1. The number of hydrogen-bond acceptors (Lipinski definition) is 5. The quantitative estimate of drug-likeness (QED) is 0.672. The zero-order valence-electron chi connectivity index (χ0n) is 10.6. The monoisotopic (exact) mass is 296 g/mol. The zero-order valence-corrected chi connectivity index (χ0v) is 11.4. The van der Waals surface area contributed by atoms with Crippen LogP contribution in [-0.2, 0) is 9.59 Å². The average Bonchev–Trinajstić information content (AvgIpc) is 2.83. The molecule has 0 aromatic heterocycles. The van der Waals surface area contributed by atoms with Gasteiger partial charge in [-0.1, -0.05) is 0 Å². The molecule has 2 atom stereocenters. The average molecular weight is 296 g/mol. The van der Waals surface area contributed by atoms with E-state index >= 15 is 0 Å². The summed E-state index contributed by atoms with van der Waals surface area (Å²) < 4.78 is 0. The second-order valence-electron chi connectivity index (χ2n) is 4.31. The highest BCUT2D eigenvalue weighted by Gasteiger charge is 2.40. The van der Waals surface area contributed by atoms with E-state index in [9.17, 15) is 19.7 Å². The molecule has 1 unspecified atom stereocenters. The largest absolute Gasteiger partial charge is 0.480 e. The molecule has 1 aliphatic rings. The van der Waals surface area contributed by atoms with Crippen molar-refractivity contribution in [1.29, 1.82) is 0 Å². The van der Waals surface area contributed by atoms with Gasteiger partial charge in [-0.25, -0.2) is 4.79 Å². The molecule has 1 fully saturated rings. The smallest absolute Gasteiger partial charge is 0.327 e. The predicted molar refractivity (Wildman–Crippen MR) is 72.2 cm³/mol. The molecule has 20 heavy (non-hydrogen) atoms. The molecule has 7 nitrogen and oxygen atoms in total. The minimum absolute atomic E-state index is 0.0408. The van der Waals surface area contributed by atoms with E-state index in [0.29, 0.717) is 11.3 Å². The Morgan fingerprint density at radius 1 is 1.40 bits per heavy atom. The molecule has 1 heterocycles. The lowest BCUT2D eigenvalue weighted by atomic mass is 10.1. The van der Waals surface area contributed by atoms with Crippen LogP contribution in [0.1, 0.15) is 17.9 Å². The zero-order chi connectivity index (χ0) is 14.9. The lowest BCUT2D eigenvalue weighted by Gasteiger charge is -2.26. The standard InChI is InChI=1S/C12H12N2O5S/c1-7(15)13-10(12(16)17)6-20-11(13)8-2-4-9(5-3-8)14(18)19/h2-5,10-11H,6H2,1H3,(H,16,17)/t10-,11?/m0/s1. The van der Waals surface area contributed by atoms with Crippen molar-refractivity contribution in [3.63, 3.8) is 0 Å². The fourth-order valence-electron chi connectivity index (χ4n) is 2.10. The van der Waals surface area contributed by atoms with Gasteiger partial charge in [0, 0.05) is 24.8 Å². The van der Waals surface area contributed by atoms with Gasteiger partial charge in [-0.3, -0.25) is 14.9 Å². The van der Waals surface area contributed by atoms with Gasteiger partial charge in [0.15, 0.2) is 0 Å². The van der Waals surface area contributed by atoms with Gasteiger partial charge in [0.1, 0.15) is 11.4 Å². The summed E-state index contributed by atoms with van der Waals surface area (Å²) in [6.07, 6.45) is 0. The van der Waals surface area contributed by atoms with E-state index in [4.69, 9.17) is 5.11 Å². The number of nitro benzene ring substituents is 1. The molecule has 0 radical (unpaired) electrons. The van der Waals surface area contributed by atoms with Crippen LogP contribution in [0.2, 0.25) is 0 Å². The first-order chi connectivity index (χ1) is 9.41. The predicted octanol–water partition coefficient (Wildman–Crippen LogP) is 1.64. The minimum Gasteiger partial charge on any atom is -0.480 e. The van der Waals surface area contributed by atoms with Crippen LogP contribution in [0.4, 0.5) is 5.69 Å². The maximum atomic E-state index is 11.7. The number of nitrogens with zero attached hydrogens (tertiary/aromatic N) is 2. The second kappa shape index (κ2) is 5.49. The van der Waals surface area contributed by atoms with Crippen molar-refractivity contribution >= 4 is 29.3 Å². The van der Waals surface area contributed by atoms with Crippen LogP contribution >= 0.6 is 11.8 Å². The first kappa shape index (κ1) is 14.3. The van der Waals surface area contributed by atoms with Gasteiger partial charge in [0.05, 0.1) is 4.92 Å². The molecule has 1 N–H and O–H groups in total. The molecular formula is C12H12N2O5S. The van der Waals surface area contributed by atoms with Crippen LogP contribution in [0.15, 0.2) is 24.3 Å². The number of thioether (sulfide) groups is 1.